The van der Waals surface area contributed by atoms with E-state index in [0.717, 1.165) is 61.2 Å². The van der Waals surface area contributed by atoms with E-state index in [0.29, 0.717) is 0 Å². The maximum atomic E-state index is 5.66. The minimum absolute atomic E-state index is 0.782. The first kappa shape index (κ1) is 16.8. The van der Waals surface area contributed by atoms with Crippen LogP contribution in [0.25, 0.3) is 0 Å². The molecule has 0 aliphatic heterocycles. The van der Waals surface area contributed by atoms with E-state index in [4.69, 9.17) is 4.74 Å². The number of hydrogen-bond donors (Lipinski definition) is 2. The first-order valence-electron chi connectivity index (χ1n) is 7.96. The number of hydrogen-bond acceptors (Lipinski definition) is 5. The van der Waals surface area contributed by atoms with Gasteiger partial charge < -0.3 is 15.4 Å². The van der Waals surface area contributed by atoms with Gasteiger partial charge in [0.15, 0.2) is 5.13 Å². The number of aromatic nitrogens is 1. The van der Waals surface area contributed by atoms with E-state index in [-0.39, 0.29) is 0 Å². The average Bonchev–Trinajstić information content (AvgIpc) is 2.97. The lowest BCUT2D eigenvalue weighted by Gasteiger charge is -2.07. The first-order chi connectivity index (χ1) is 10.8. The van der Waals surface area contributed by atoms with Gasteiger partial charge in [0.05, 0.1) is 12.3 Å². The Kier molecular flexibility index (Phi) is 7.19. The second-order valence-electron chi connectivity index (χ2n) is 5.17. The Balaban J connectivity index is 1.82. The molecule has 1 aromatic heterocycles. The Hall–Kier alpha value is -1.59. The normalized spacial score (nSPS) is 10.6. The Labute approximate surface area is 136 Å². The van der Waals surface area contributed by atoms with Gasteiger partial charge in [-0.2, -0.15) is 0 Å². The molecule has 0 atom stereocenters. The van der Waals surface area contributed by atoms with Crippen LogP contribution in [0.4, 0.5) is 10.8 Å². The molecule has 2 N–H and O–H groups in total. The quantitative estimate of drug-likeness (QED) is 0.630. The monoisotopic (exact) mass is 319 g/mol. The summed E-state index contributed by atoms with van der Waals surface area (Å²) in [5.41, 5.74) is 2.12. The zero-order valence-corrected chi connectivity index (χ0v) is 14.2. The molecule has 1 heterocycles. The van der Waals surface area contributed by atoms with Gasteiger partial charge in [-0.15, -0.1) is 11.3 Å². The van der Waals surface area contributed by atoms with Crippen LogP contribution in [0.2, 0.25) is 0 Å². The summed E-state index contributed by atoms with van der Waals surface area (Å²) in [6.07, 6.45) is 3.38. The van der Waals surface area contributed by atoms with Crippen molar-refractivity contribution in [2.24, 2.45) is 0 Å². The van der Waals surface area contributed by atoms with Crippen molar-refractivity contribution < 1.29 is 4.74 Å². The maximum absolute atomic E-state index is 5.66. The van der Waals surface area contributed by atoms with Crippen LogP contribution in [-0.4, -0.2) is 18.1 Å². The lowest BCUT2D eigenvalue weighted by Crippen LogP contribution is -2.13. The molecule has 0 bridgehead atoms. The van der Waals surface area contributed by atoms with Crippen LogP contribution in [-0.2, 0) is 6.54 Å². The van der Waals surface area contributed by atoms with E-state index in [9.17, 15) is 0 Å². The molecule has 4 nitrogen and oxygen atoms in total. The second-order valence-corrected chi connectivity index (χ2v) is 6.03. The number of nitrogens with one attached hydrogen (secondary N) is 2. The van der Waals surface area contributed by atoms with Crippen molar-refractivity contribution in [3.63, 3.8) is 0 Å². The smallest absolute Gasteiger partial charge is 0.187 e. The van der Waals surface area contributed by atoms with Gasteiger partial charge in [0, 0.05) is 17.6 Å². The van der Waals surface area contributed by atoms with E-state index in [1.165, 1.54) is 0 Å². The summed E-state index contributed by atoms with van der Waals surface area (Å²) in [6.45, 7) is 6.97. The summed E-state index contributed by atoms with van der Waals surface area (Å²) in [4.78, 5) is 4.57. The third-order valence-corrected chi connectivity index (χ3v) is 3.96. The minimum atomic E-state index is 0.782. The second kappa shape index (κ2) is 9.43. The van der Waals surface area contributed by atoms with Gasteiger partial charge in [0.25, 0.3) is 0 Å². The summed E-state index contributed by atoms with van der Waals surface area (Å²) in [5, 5.41) is 9.71. The van der Waals surface area contributed by atoms with E-state index in [1.54, 1.807) is 11.3 Å². The lowest BCUT2D eigenvalue weighted by molar-refractivity contribution is 0.309. The Bertz CT molecular complexity index is 539. The van der Waals surface area contributed by atoms with Crippen molar-refractivity contribution in [3.05, 3.63) is 35.3 Å². The molecule has 0 saturated heterocycles. The fourth-order valence-electron chi connectivity index (χ4n) is 1.93. The summed E-state index contributed by atoms with van der Waals surface area (Å²) in [5.74, 6) is 0.919. The molecule has 120 valence electrons. The molecular weight excluding hydrogens is 294 g/mol. The van der Waals surface area contributed by atoms with E-state index in [1.807, 2.05) is 24.3 Å². The fourth-order valence-corrected chi connectivity index (χ4v) is 2.66. The molecule has 2 rings (SSSR count). The molecule has 2 aromatic rings. The molecule has 22 heavy (non-hydrogen) atoms. The number of anilines is 2. The number of thiazole rings is 1. The number of unbranched alkanes of at least 4 members (excludes halogenated alkanes) is 1. The van der Waals surface area contributed by atoms with Gasteiger partial charge in [0.1, 0.15) is 5.75 Å². The van der Waals surface area contributed by atoms with Crippen molar-refractivity contribution >= 4 is 22.2 Å². The number of nitrogens with zero attached hydrogens (tertiary/aromatic N) is 1. The number of rotatable bonds is 10. The first-order valence-corrected chi connectivity index (χ1v) is 8.84. The summed E-state index contributed by atoms with van der Waals surface area (Å²) < 4.78 is 5.66. The zero-order valence-electron chi connectivity index (χ0n) is 13.4. The molecule has 0 radical (unpaired) electrons. The Morgan fingerprint density at radius 2 is 1.95 bits per heavy atom. The third-order valence-electron chi connectivity index (χ3n) is 3.16. The topological polar surface area (TPSA) is 46.2 Å². The molecule has 0 saturated carbocycles. The van der Waals surface area contributed by atoms with E-state index in [2.05, 4.69) is 34.8 Å². The Morgan fingerprint density at radius 3 is 2.68 bits per heavy atom. The van der Waals surface area contributed by atoms with Gasteiger partial charge in [-0.3, -0.25) is 0 Å². The van der Waals surface area contributed by atoms with Crippen LogP contribution in [0.1, 0.15) is 38.8 Å². The predicted octanol–water partition coefficient (Wildman–Crippen LogP) is 4.57. The van der Waals surface area contributed by atoms with Crippen LogP contribution < -0.4 is 15.4 Å². The average molecular weight is 319 g/mol. The van der Waals surface area contributed by atoms with Crippen molar-refractivity contribution in [1.29, 1.82) is 0 Å². The van der Waals surface area contributed by atoms with Crippen LogP contribution in [0, 0.1) is 0 Å². The molecular formula is C17H25N3OS. The molecule has 1 aromatic carbocycles. The molecule has 0 amide bonds. The standard InChI is InChI=1S/C17H25N3OS/c1-3-5-11-21-16-8-6-14(7-9-16)19-17-20-15(13-22-17)12-18-10-4-2/h6-9,13,18H,3-5,10-12H2,1-2H3,(H,19,20). The summed E-state index contributed by atoms with van der Waals surface area (Å²) in [6, 6.07) is 8.04. The number of ether oxygens (including phenoxy) is 1. The lowest BCUT2D eigenvalue weighted by atomic mass is 10.3. The molecule has 0 unspecified atom stereocenters. The van der Waals surface area contributed by atoms with Crippen LogP contribution in [0.3, 0.4) is 0 Å². The van der Waals surface area contributed by atoms with Gasteiger partial charge in [-0.05, 0) is 43.7 Å². The van der Waals surface area contributed by atoms with Crippen LogP contribution in [0.5, 0.6) is 5.75 Å². The zero-order chi connectivity index (χ0) is 15.6. The van der Waals surface area contributed by atoms with Gasteiger partial charge >= 0.3 is 0 Å². The van der Waals surface area contributed by atoms with Crippen LogP contribution in [0.15, 0.2) is 29.6 Å². The summed E-state index contributed by atoms with van der Waals surface area (Å²) in [7, 11) is 0. The highest BCUT2D eigenvalue weighted by molar-refractivity contribution is 7.13. The summed E-state index contributed by atoms with van der Waals surface area (Å²) >= 11 is 1.63. The third kappa shape index (κ3) is 5.66. The van der Waals surface area contributed by atoms with Gasteiger partial charge in [0.2, 0.25) is 0 Å². The largest absolute Gasteiger partial charge is 0.494 e. The maximum Gasteiger partial charge on any atom is 0.187 e. The minimum Gasteiger partial charge on any atom is -0.494 e. The SMILES string of the molecule is CCCCOc1ccc(Nc2nc(CNCCC)cs2)cc1. The molecule has 5 heteroatoms. The highest BCUT2D eigenvalue weighted by Gasteiger charge is 2.02. The molecule has 0 aliphatic carbocycles. The number of benzene rings is 1. The molecule has 0 aliphatic rings. The van der Waals surface area contributed by atoms with Crippen LogP contribution >= 0.6 is 11.3 Å². The molecule has 0 spiro atoms. The van der Waals surface area contributed by atoms with E-state index >= 15 is 0 Å². The van der Waals surface area contributed by atoms with Gasteiger partial charge in [-0.25, -0.2) is 4.98 Å². The van der Waals surface area contributed by atoms with E-state index < -0.39 is 0 Å². The van der Waals surface area contributed by atoms with Crippen molar-refractivity contribution in [2.75, 3.05) is 18.5 Å². The Morgan fingerprint density at radius 1 is 1.14 bits per heavy atom. The van der Waals surface area contributed by atoms with Crippen molar-refractivity contribution in [3.8, 4) is 5.75 Å². The fraction of sp³-hybridized carbons (Fsp3) is 0.471. The van der Waals surface area contributed by atoms with Crippen molar-refractivity contribution in [1.82, 2.24) is 10.3 Å². The van der Waals surface area contributed by atoms with Gasteiger partial charge in [-0.1, -0.05) is 20.3 Å². The highest BCUT2D eigenvalue weighted by atomic mass is 32.1. The van der Waals surface area contributed by atoms with Crippen molar-refractivity contribution in [2.45, 2.75) is 39.7 Å². The highest BCUT2D eigenvalue weighted by Crippen LogP contribution is 2.23. The molecule has 0 fully saturated rings. The predicted molar refractivity (Wildman–Crippen MR) is 94.2 cm³/mol.